The number of nitrogens with one attached hydrogen (secondary N) is 1. The Bertz CT molecular complexity index is 564. The fourth-order valence-corrected chi connectivity index (χ4v) is 1.57. The zero-order chi connectivity index (χ0) is 12.4. The molecule has 0 bridgehead atoms. The van der Waals surface area contributed by atoms with Gasteiger partial charge in [-0.2, -0.15) is 5.10 Å². The van der Waals surface area contributed by atoms with Crippen molar-refractivity contribution in [3.63, 3.8) is 0 Å². The number of rotatable bonds is 2. The van der Waals surface area contributed by atoms with Gasteiger partial charge in [-0.3, -0.25) is 9.48 Å². The molecule has 0 saturated heterocycles. The van der Waals surface area contributed by atoms with Gasteiger partial charge >= 0.3 is 0 Å². The zero-order valence-electron chi connectivity index (χ0n) is 9.44. The molecule has 0 radical (unpaired) electrons. The summed E-state index contributed by atoms with van der Waals surface area (Å²) in [5, 5.41) is 6.76. The number of carbonyl (C=O) groups is 1. The number of amides is 1. The molecule has 88 valence electrons. The quantitative estimate of drug-likeness (QED) is 0.863. The van der Waals surface area contributed by atoms with Crippen LogP contribution in [0.2, 0.25) is 0 Å². The molecule has 0 spiro atoms. The molecule has 0 aromatic carbocycles. The molecule has 0 aliphatic rings. The summed E-state index contributed by atoms with van der Waals surface area (Å²) in [5.41, 5.74) is 2.00. The molecule has 2 aromatic rings. The number of anilines is 1. The van der Waals surface area contributed by atoms with Gasteiger partial charge in [-0.25, -0.2) is 4.98 Å². The van der Waals surface area contributed by atoms with Crippen LogP contribution >= 0.6 is 15.9 Å². The summed E-state index contributed by atoms with van der Waals surface area (Å²) in [5.74, 6) is -0.242. The highest BCUT2D eigenvalue weighted by molar-refractivity contribution is 9.10. The van der Waals surface area contributed by atoms with Crippen molar-refractivity contribution in [3.05, 3.63) is 40.4 Å². The van der Waals surface area contributed by atoms with Gasteiger partial charge in [0, 0.05) is 13.2 Å². The third-order valence-corrected chi connectivity index (χ3v) is 3.05. The van der Waals surface area contributed by atoms with E-state index in [0.717, 1.165) is 10.2 Å². The van der Waals surface area contributed by atoms with Gasteiger partial charge in [-0.1, -0.05) is 0 Å². The smallest absolute Gasteiger partial charge is 0.276 e. The third-order valence-electron chi connectivity index (χ3n) is 2.22. The van der Waals surface area contributed by atoms with Crippen LogP contribution in [0.25, 0.3) is 0 Å². The summed E-state index contributed by atoms with van der Waals surface area (Å²) < 4.78 is 2.35. The molecule has 6 heteroatoms. The lowest BCUT2D eigenvalue weighted by Gasteiger charge is -2.04. The second kappa shape index (κ2) is 4.67. The molecule has 2 heterocycles. The Morgan fingerprint density at radius 2 is 2.29 bits per heavy atom. The topological polar surface area (TPSA) is 59.8 Å². The van der Waals surface area contributed by atoms with Crippen LogP contribution < -0.4 is 5.32 Å². The Morgan fingerprint density at radius 1 is 1.53 bits per heavy atom. The Hall–Kier alpha value is -1.69. The van der Waals surface area contributed by atoms with E-state index in [1.807, 2.05) is 13.0 Å². The third kappa shape index (κ3) is 2.71. The molecule has 0 atom stereocenters. The average molecular weight is 295 g/mol. The number of aryl methyl sites for hydroxylation is 2. The van der Waals surface area contributed by atoms with Crippen LogP contribution in [0.4, 0.5) is 5.69 Å². The van der Waals surface area contributed by atoms with Crippen molar-refractivity contribution < 1.29 is 4.79 Å². The van der Waals surface area contributed by atoms with E-state index in [0.29, 0.717) is 11.4 Å². The van der Waals surface area contributed by atoms with Crippen molar-refractivity contribution in [2.45, 2.75) is 6.92 Å². The lowest BCUT2D eigenvalue weighted by Crippen LogP contribution is -2.13. The van der Waals surface area contributed by atoms with Crippen molar-refractivity contribution in [2.24, 2.45) is 7.05 Å². The molecule has 0 aliphatic heterocycles. The number of aromatic nitrogens is 3. The molecule has 0 unspecified atom stereocenters. The molecule has 2 rings (SSSR count). The Kier molecular flexibility index (Phi) is 3.23. The van der Waals surface area contributed by atoms with Gasteiger partial charge in [-0.15, -0.1) is 0 Å². The maximum Gasteiger partial charge on any atom is 0.276 e. The Balaban J connectivity index is 2.15. The highest BCUT2D eigenvalue weighted by Crippen LogP contribution is 2.17. The van der Waals surface area contributed by atoms with Gasteiger partial charge in [0.15, 0.2) is 5.69 Å². The van der Waals surface area contributed by atoms with Crippen LogP contribution in [0, 0.1) is 6.92 Å². The van der Waals surface area contributed by atoms with E-state index in [4.69, 9.17) is 0 Å². The Morgan fingerprint density at radius 3 is 2.88 bits per heavy atom. The maximum absolute atomic E-state index is 11.8. The van der Waals surface area contributed by atoms with E-state index in [2.05, 4.69) is 31.3 Å². The molecule has 1 amide bonds. The fraction of sp³-hybridized carbons (Fsp3) is 0.182. The Labute approximate surface area is 107 Å². The highest BCUT2D eigenvalue weighted by atomic mass is 79.9. The van der Waals surface area contributed by atoms with E-state index in [9.17, 15) is 4.79 Å². The maximum atomic E-state index is 11.8. The van der Waals surface area contributed by atoms with Gasteiger partial charge in [0.05, 0.1) is 11.9 Å². The summed E-state index contributed by atoms with van der Waals surface area (Å²) >= 11 is 3.30. The zero-order valence-corrected chi connectivity index (χ0v) is 11.0. The van der Waals surface area contributed by atoms with Crippen molar-refractivity contribution in [2.75, 3.05) is 5.32 Å². The van der Waals surface area contributed by atoms with Crippen LogP contribution in [-0.2, 0) is 7.05 Å². The normalized spacial score (nSPS) is 10.3. The van der Waals surface area contributed by atoms with Crippen LogP contribution in [0.15, 0.2) is 29.1 Å². The second-order valence-corrected chi connectivity index (χ2v) is 4.41. The monoisotopic (exact) mass is 294 g/mol. The minimum Gasteiger partial charge on any atom is -0.319 e. The van der Waals surface area contributed by atoms with Gasteiger partial charge in [0.25, 0.3) is 5.91 Å². The molecule has 0 fully saturated rings. The summed E-state index contributed by atoms with van der Waals surface area (Å²) in [6, 6.07) is 3.51. The lowest BCUT2D eigenvalue weighted by atomic mass is 10.3. The van der Waals surface area contributed by atoms with Gasteiger partial charge in [-0.05, 0) is 40.5 Å². The van der Waals surface area contributed by atoms with Gasteiger partial charge in [0.2, 0.25) is 0 Å². The summed E-state index contributed by atoms with van der Waals surface area (Å²) in [6.07, 6.45) is 3.32. The number of halogens is 1. The average Bonchev–Trinajstić information content (AvgIpc) is 2.70. The van der Waals surface area contributed by atoms with E-state index in [1.54, 1.807) is 30.2 Å². The lowest BCUT2D eigenvalue weighted by molar-refractivity contribution is 0.102. The van der Waals surface area contributed by atoms with Crippen molar-refractivity contribution in [1.82, 2.24) is 14.8 Å². The molecule has 2 aromatic heterocycles. The van der Waals surface area contributed by atoms with Gasteiger partial charge in [0.1, 0.15) is 4.60 Å². The fourth-order valence-electron chi connectivity index (χ4n) is 1.36. The van der Waals surface area contributed by atoms with Crippen LogP contribution in [0.1, 0.15) is 16.1 Å². The van der Waals surface area contributed by atoms with E-state index in [1.165, 1.54) is 0 Å². The number of nitrogens with zero attached hydrogens (tertiary/aromatic N) is 3. The molecular weight excluding hydrogens is 284 g/mol. The first-order valence-corrected chi connectivity index (χ1v) is 5.78. The minimum atomic E-state index is -0.242. The van der Waals surface area contributed by atoms with E-state index < -0.39 is 0 Å². The second-order valence-electron chi connectivity index (χ2n) is 3.66. The van der Waals surface area contributed by atoms with Crippen LogP contribution in [0.3, 0.4) is 0 Å². The first kappa shape index (κ1) is 11.8. The first-order valence-electron chi connectivity index (χ1n) is 4.99. The van der Waals surface area contributed by atoms with Gasteiger partial charge < -0.3 is 5.32 Å². The van der Waals surface area contributed by atoms with Crippen molar-refractivity contribution in [3.8, 4) is 0 Å². The van der Waals surface area contributed by atoms with Crippen molar-refractivity contribution >= 4 is 27.5 Å². The predicted octanol–water partition coefficient (Wildman–Crippen LogP) is 2.14. The summed E-state index contributed by atoms with van der Waals surface area (Å²) in [6.45, 7) is 1.91. The largest absolute Gasteiger partial charge is 0.319 e. The number of hydrogen-bond donors (Lipinski definition) is 1. The van der Waals surface area contributed by atoms with Crippen LogP contribution in [-0.4, -0.2) is 20.7 Å². The van der Waals surface area contributed by atoms with E-state index >= 15 is 0 Å². The van der Waals surface area contributed by atoms with Crippen molar-refractivity contribution in [1.29, 1.82) is 0 Å². The standard InChI is InChI=1S/C11H11BrN4O/c1-7-5-8(6-13-10(7)12)14-11(17)9-3-4-16(2)15-9/h3-6H,1-2H3,(H,14,17). The minimum absolute atomic E-state index is 0.242. The number of pyridine rings is 1. The first-order chi connectivity index (χ1) is 8.06. The van der Waals surface area contributed by atoms with Crippen LogP contribution in [0.5, 0.6) is 0 Å². The molecule has 17 heavy (non-hydrogen) atoms. The van der Waals surface area contributed by atoms with E-state index in [-0.39, 0.29) is 5.91 Å². The molecule has 1 N–H and O–H groups in total. The number of carbonyl (C=O) groups excluding carboxylic acids is 1. The predicted molar refractivity (Wildman–Crippen MR) is 67.8 cm³/mol. The number of hydrogen-bond acceptors (Lipinski definition) is 3. The SMILES string of the molecule is Cc1cc(NC(=O)c2ccn(C)n2)cnc1Br. The molecule has 0 saturated carbocycles. The summed E-state index contributed by atoms with van der Waals surface area (Å²) in [4.78, 5) is 15.9. The summed E-state index contributed by atoms with van der Waals surface area (Å²) in [7, 11) is 1.77. The molecular formula is C11H11BrN4O. The molecule has 0 aliphatic carbocycles. The highest BCUT2D eigenvalue weighted by Gasteiger charge is 2.09. The molecule has 5 nitrogen and oxygen atoms in total.